The van der Waals surface area contributed by atoms with Crippen LogP contribution in [0.25, 0.3) is 0 Å². The van der Waals surface area contributed by atoms with Crippen molar-refractivity contribution < 1.29 is 14.3 Å². The molecule has 0 unspecified atom stereocenters. The maximum atomic E-state index is 10.8. The molecule has 0 aliphatic heterocycles. The molecule has 0 saturated heterocycles. The Bertz CT molecular complexity index is 310. The molecule has 1 amide bonds. The van der Waals surface area contributed by atoms with Crippen LogP contribution in [0.5, 0.6) is 0 Å². The highest BCUT2D eigenvalue weighted by molar-refractivity contribution is 5.89. The minimum atomic E-state index is -0.291. The minimum absolute atomic E-state index is 0.00463. The smallest absolute Gasteiger partial charge is 0.337 e. The van der Waals surface area contributed by atoms with E-state index in [9.17, 15) is 9.59 Å². The highest BCUT2D eigenvalue weighted by atomic mass is 16.5. The molecule has 0 spiro atoms. The summed E-state index contributed by atoms with van der Waals surface area (Å²) >= 11 is 0. The molecule has 0 heterocycles. The number of carbonyl (C=O) groups excluding carboxylic acids is 2. The Morgan fingerprint density at radius 2 is 1.53 bits per heavy atom. The number of hydrogen-bond donors (Lipinski definition) is 1. The highest BCUT2D eigenvalue weighted by Crippen LogP contribution is 1.98. The van der Waals surface area contributed by atoms with Crippen molar-refractivity contribution in [2.24, 2.45) is 0 Å². The average molecular weight is 239 g/mol. The topological polar surface area (TPSA) is 55.4 Å². The number of methoxy groups -OCH3 is 1. The summed E-state index contributed by atoms with van der Waals surface area (Å²) in [4.78, 5) is 20.5. The van der Waals surface area contributed by atoms with E-state index in [2.05, 4.69) is 10.1 Å². The van der Waals surface area contributed by atoms with Crippen LogP contribution in [0.1, 0.15) is 31.1 Å². The first-order chi connectivity index (χ1) is 8.11. The van der Waals surface area contributed by atoms with Gasteiger partial charge < -0.3 is 10.1 Å². The van der Waals surface area contributed by atoms with E-state index in [0.717, 1.165) is 0 Å². The van der Waals surface area contributed by atoms with Crippen LogP contribution in [0.2, 0.25) is 0 Å². The fraction of sp³-hybridized carbons (Fsp3) is 0.385. The van der Waals surface area contributed by atoms with Gasteiger partial charge in [0, 0.05) is 14.0 Å². The summed E-state index contributed by atoms with van der Waals surface area (Å²) < 4.78 is 4.50. The van der Waals surface area contributed by atoms with E-state index in [1.165, 1.54) is 14.0 Å². The second kappa shape index (κ2) is 12.2. The Morgan fingerprint density at radius 1 is 1.12 bits per heavy atom. The molecule has 4 heteroatoms. The van der Waals surface area contributed by atoms with Gasteiger partial charge >= 0.3 is 5.97 Å². The average Bonchev–Trinajstić information content (AvgIpc) is 2.41. The van der Waals surface area contributed by atoms with Crippen molar-refractivity contribution in [3.8, 4) is 0 Å². The van der Waals surface area contributed by atoms with Crippen molar-refractivity contribution >= 4 is 11.9 Å². The molecule has 1 aromatic carbocycles. The normalized spacial score (nSPS) is 7.59. The Labute approximate surface area is 103 Å². The molecule has 0 bridgehead atoms. The molecule has 1 aromatic rings. The van der Waals surface area contributed by atoms with Crippen LogP contribution in [0.4, 0.5) is 0 Å². The Morgan fingerprint density at radius 3 is 1.82 bits per heavy atom. The number of nitrogens with one attached hydrogen (secondary N) is 1. The van der Waals surface area contributed by atoms with Crippen LogP contribution in [0.3, 0.4) is 0 Å². The predicted molar refractivity (Wildman–Crippen MR) is 68.9 cm³/mol. The fourth-order valence-electron chi connectivity index (χ4n) is 0.692. The quantitative estimate of drug-likeness (QED) is 0.765. The zero-order chi connectivity index (χ0) is 13.7. The van der Waals surface area contributed by atoms with Gasteiger partial charge in [0.15, 0.2) is 0 Å². The van der Waals surface area contributed by atoms with Crippen molar-refractivity contribution in [2.75, 3.05) is 14.2 Å². The highest BCUT2D eigenvalue weighted by Gasteiger charge is 2.00. The van der Waals surface area contributed by atoms with Crippen molar-refractivity contribution in [3.63, 3.8) is 0 Å². The van der Waals surface area contributed by atoms with Crippen LogP contribution in [0.15, 0.2) is 30.3 Å². The van der Waals surface area contributed by atoms with E-state index in [4.69, 9.17) is 0 Å². The van der Waals surface area contributed by atoms with Gasteiger partial charge in [-0.25, -0.2) is 4.79 Å². The summed E-state index contributed by atoms with van der Waals surface area (Å²) in [5, 5.41) is 2.39. The largest absolute Gasteiger partial charge is 0.465 e. The summed E-state index contributed by atoms with van der Waals surface area (Å²) in [7, 11) is 2.97. The molecule has 1 rings (SSSR count). The zero-order valence-electron chi connectivity index (χ0n) is 11.1. The van der Waals surface area contributed by atoms with E-state index in [1.807, 2.05) is 19.9 Å². The van der Waals surface area contributed by atoms with Gasteiger partial charge in [-0.2, -0.15) is 0 Å². The lowest BCUT2D eigenvalue weighted by atomic mass is 10.2. The summed E-state index contributed by atoms with van der Waals surface area (Å²) in [6.45, 7) is 5.47. The number of rotatable bonds is 1. The molecule has 96 valence electrons. The van der Waals surface area contributed by atoms with Crippen LogP contribution in [-0.2, 0) is 9.53 Å². The summed E-state index contributed by atoms with van der Waals surface area (Å²) in [6, 6.07) is 8.88. The number of amides is 1. The van der Waals surface area contributed by atoms with E-state index < -0.39 is 0 Å². The van der Waals surface area contributed by atoms with Crippen LogP contribution >= 0.6 is 0 Å². The Hall–Kier alpha value is -1.84. The van der Waals surface area contributed by atoms with E-state index in [-0.39, 0.29) is 11.9 Å². The number of ether oxygens (including phenoxy) is 1. The molecule has 0 radical (unpaired) electrons. The second-order valence-corrected chi connectivity index (χ2v) is 2.66. The molecule has 1 N–H and O–H groups in total. The lowest BCUT2D eigenvalue weighted by Crippen LogP contribution is -2.11. The van der Waals surface area contributed by atoms with Gasteiger partial charge in [-0.3, -0.25) is 4.79 Å². The molecule has 4 nitrogen and oxygen atoms in total. The standard InChI is InChI=1S/C8H8O2.C3H7NO.C2H6/c1-10-8(9)7-5-3-2-4-6-7;1-3(5)4-2;1-2/h2-6H,1H3;1-2H3,(H,4,5);1-2H3. The van der Waals surface area contributed by atoms with E-state index >= 15 is 0 Å². The summed E-state index contributed by atoms with van der Waals surface area (Å²) in [5.41, 5.74) is 0.588. The summed E-state index contributed by atoms with van der Waals surface area (Å²) in [5.74, 6) is -0.286. The van der Waals surface area contributed by atoms with Gasteiger partial charge in [0.1, 0.15) is 0 Å². The van der Waals surface area contributed by atoms with Gasteiger partial charge in [-0.15, -0.1) is 0 Å². The third-order valence-electron chi connectivity index (χ3n) is 1.55. The zero-order valence-corrected chi connectivity index (χ0v) is 11.1. The second-order valence-electron chi connectivity index (χ2n) is 2.66. The molecular weight excluding hydrogens is 218 g/mol. The molecule has 0 fully saturated rings. The predicted octanol–water partition coefficient (Wildman–Crippen LogP) is 2.25. The molecule has 0 saturated carbocycles. The summed E-state index contributed by atoms with van der Waals surface area (Å²) in [6.07, 6.45) is 0. The van der Waals surface area contributed by atoms with Crippen molar-refractivity contribution in [1.82, 2.24) is 5.32 Å². The molecule has 0 atom stereocenters. The van der Waals surface area contributed by atoms with E-state index in [1.54, 1.807) is 31.3 Å². The monoisotopic (exact) mass is 239 g/mol. The first-order valence-electron chi connectivity index (χ1n) is 5.43. The number of carbonyl (C=O) groups is 2. The SMILES string of the molecule is CC.CNC(C)=O.COC(=O)c1ccccc1. The Kier molecular flexibility index (Phi) is 12.6. The number of esters is 1. The van der Waals surface area contributed by atoms with Crippen molar-refractivity contribution in [2.45, 2.75) is 20.8 Å². The van der Waals surface area contributed by atoms with Crippen LogP contribution < -0.4 is 5.32 Å². The maximum Gasteiger partial charge on any atom is 0.337 e. The third-order valence-corrected chi connectivity index (χ3v) is 1.55. The lowest BCUT2D eigenvalue weighted by molar-refractivity contribution is -0.118. The first kappa shape index (κ1) is 17.6. The first-order valence-corrected chi connectivity index (χ1v) is 5.43. The molecule has 0 aromatic heterocycles. The Balaban J connectivity index is 0. The molecule has 0 aliphatic rings. The van der Waals surface area contributed by atoms with Gasteiger partial charge in [-0.05, 0) is 12.1 Å². The molecule has 0 aliphatic carbocycles. The fourth-order valence-corrected chi connectivity index (χ4v) is 0.692. The van der Waals surface area contributed by atoms with Crippen LogP contribution in [-0.4, -0.2) is 26.0 Å². The van der Waals surface area contributed by atoms with Gasteiger partial charge in [0.25, 0.3) is 0 Å². The molecular formula is C13H21NO3. The minimum Gasteiger partial charge on any atom is -0.465 e. The molecule has 17 heavy (non-hydrogen) atoms. The maximum absolute atomic E-state index is 10.8. The van der Waals surface area contributed by atoms with Crippen molar-refractivity contribution in [1.29, 1.82) is 0 Å². The van der Waals surface area contributed by atoms with E-state index in [0.29, 0.717) is 5.56 Å². The number of benzene rings is 1. The van der Waals surface area contributed by atoms with Gasteiger partial charge in [0.2, 0.25) is 5.91 Å². The van der Waals surface area contributed by atoms with Gasteiger partial charge in [0.05, 0.1) is 12.7 Å². The number of hydrogen-bond acceptors (Lipinski definition) is 3. The lowest BCUT2D eigenvalue weighted by Gasteiger charge is -1.95. The van der Waals surface area contributed by atoms with Crippen LogP contribution in [0, 0.1) is 0 Å². The third kappa shape index (κ3) is 10.4. The van der Waals surface area contributed by atoms with Gasteiger partial charge in [-0.1, -0.05) is 32.0 Å². The van der Waals surface area contributed by atoms with Crippen molar-refractivity contribution in [3.05, 3.63) is 35.9 Å².